The molecule has 0 aromatic heterocycles. The molecule has 4 N–H and O–H groups in total. The minimum Gasteiger partial charge on any atom is -0.507 e. The number of halogens is 1. The molecule has 0 atom stereocenters. The Balaban J connectivity index is 2.67. The molecule has 2 rings (SSSR count). The van der Waals surface area contributed by atoms with E-state index in [0.717, 1.165) is 18.2 Å². The van der Waals surface area contributed by atoms with Gasteiger partial charge in [-0.05, 0) is 24.3 Å². The van der Waals surface area contributed by atoms with Crippen molar-refractivity contribution in [3.63, 3.8) is 0 Å². The van der Waals surface area contributed by atoms with Gasteiger partial charge in [-0.2, -0.15) is 0 Å². The average molecular weight is 320 g/mol. The smallest absolute Gasteiger partial charge is 0.336 e. The molecule has 23 heavy (non-hydrogen) atoms. The lowest BCUT2D eigenvalue weighted by molar-refractivity contribution is 0.0679. The van der Waals surface area contributed by atoms with Gasteiger partial charge in [0.2, 0.25) is 0 Å². The first-order chi connectivity index (χ1) is 10.7. The third-order valence-corrected chi connectivity index (χ3v) is 3.05. The van der Waals surface area contributed by atoms with Crippen LogP contribution in [0.25, 0.3) is 0 Å². The normalized spacial score (nSPS) is 10.3. The molecule has 0 aliphatic rings. The highest BCUT2D eigenvalue weighted by Crippen LogP contribution is 2.29. The molecule has 0 radical (unpaired) electrons. The average Bonchev–Trinajstić information content (AvgIpc) is 2.49. The van der Waals surface area contributed by atoms with Gasteiger partial charge in [-0.15, -0.1) is 0 Å². The molecular weight excluding hydrogens is 311 g/mol. The lowest BCUT2D eigenvalue weighted by Crippen LogP contribution is -2.12. The summed E-state index contributed by atoms with van der Waals surface area (Å²) in [6, 6.07) is 3.86. The van der Waals surface area contributed by atoms with Gasteiger partial charge in [0.15, 0.2) is 17.3 Å². The van der Waals surface area contributed by atoms with E-state index in [0.29, 0.717) is 12.1 Å². The number of benzene rings is 2. The van der Waals surface area contributed by atoms with E-state index in [9.17, 15) is 23.9 Å². The number of hydrogen-bond acceptors (Lipinski definition) is 5. The molecule has 2 aromatic rings. The van der Waals surface area contributed by atoms with Gasteiger partial charge in [0.05, 0.1) is 16.7 Å². The van der Waals surface area contributed by atoms with Crippen LogP contribution in [-0.2, 0) is 0 Å². The topological polar surface area (TPSA) is 132 Å². The predicted molar refractivity (Wildman–Crippen MR) is 73.5 cm³/mol. The molecule has 0 unspecified atom stereocenters. The summed E-state index contributed by atoms with van der Waals surface area (Å²) in [7, 11) is 0. The van der Waals surface area contributed by atoms with Crippen molar-refractivity contribution in [3.05, 3.63) is 58.4 Å². The third-order valence-electron chi connectivity index (χ3n) is 3.05. The maximum absolute atomic E-state index is 13.4. The monoisotopic (exact) mass is 320 g/mol. The van der Waals surface area contributed by atoms with Crippen LogP contribution in [-0.4, -0.2) is 38.1 Å². The molecule has 118 valence electrons. The van der Waals surface area contributed by atoms with Crippen LogP contribution in [0.4, 0.5) is 4.39 Å². The van der Waals surface area contributed by atoms with Crippen molar-refractivity contribution < 1.29 is 39.2 Å². The second kappa shape index (κ2) is 5.76. The van der Waals surface area contributed by atoms with Gasteiger partial charge >= 0.3 is 11.9 Å². The Labute approximate surface area is 127 Å². The van der Waals surface area contributed by atoms with E-state index in [-0.39, 0.29) is 5.56 Å². The van der Waals surface area contributed by atoms with Crippen LogP contribution in [0.1, 0.15) is 36.6 Å². The van der Waals surface area contributed by atoms with Gasteiger partial charge < -0.3 is 20.4 Å². The SMILES string of the molecule is O=C(O)c1ccc(C(=O)O)c(C(=O)c2cc(F)c(O)cc2O)c1. The summed E-state index contributed by atoms with van der Waals surface area (Å²) in [4.78, 5) is 34.5. The fraction of sp³-hybridized carbons (Fsp3) is 0. The molecule has 0 bridgehead atoms. The highest BCUT2D eigenvalue weighted by Gasteiger charge is 2.23. The summed E-state index contributed by atoms with van der Waals surface area (Å²) >= 11 is 0. The Bertz CT molecular complexity index is 842. The lowest BCUT2D eigenvalue weighted by atomic mass is 9.95. The lowest BCUT2D eigenvalue weighted by Gasteiger charge is -2.09. The number of rotatable bonds is 4. The molecule has 0 spiro atoms. The summed E-state index contributed by atoms with van der Waals surface area (Å²) in [5.41, 5.74) is -1.99. The van der Waals surface area contributed by atoms with Crippen LogP contribution >= 0.6 is 0 Å². The summed E-state index contributed by atoms with van der Waals surface area (Å²) in [6.45, 7) is 0. The largest absolute Gasteiger partial charge is 0.507 e. The van der Waals surface area contributed by atoms with E-state index in [4.69, 9.17) is 15.3 Å². The Morgan fingerprint density at radius 1 is 0.783 bits per heavy atom. The minimum absolute atomic E-state index is 0.350. The third kappa shape index (κ3) is 2.95. The van der Waals surface area contributed by atoms with Gasteiger partial charge in [-0.1, -0.05) is 0 Å². The van der Waals surface area contributed by atoms with E-state index < -0.39 is 51.7 Å². The number of phenolic OH excluding ortho intramolecular Hbond substituents is 2. The first-order valence-corrected chi connectivity index (χ1v) is 6.09. The highest BCUT2D eigenvalue weighted by molar-refractivity contribution is 6.16. The molecule has 0 fully saturated rings. The summed E-state index contributed by atoms with van der Waals surface area (Å²) in [6.07, 6.45) is 0. The minimum atomic E-state index is -1.50. The molecule has 2 aromatic carbocycles. The zero-order valence-corrected chi connectivity index (χ0v) is 11.3. The Morgan fingerprint density at radius 3 is 2.00 bits per heavy atom. The van der Waals surface area contributed by atoms with Crippen molar-refractivity contribution >= 4 is 17.7 Å². The predicted octanol–water partition coefficient (Wildman–Crippen LogP) is 1.86. The molecule has 0 aliphatic heterocycles. The van der Waals surface area contributed by atoms with Crippen molar-refractivity contribution in [2.45, 2.75) is 0 Å². The van der Waals surface area contributed by atoms with Crippen LogP contribution in [0.15, 0.2) is 30.3 Å². The fourth-order valence-corrected chi connectivity index (χ4v) is 1.93. The second-order valence-electron chi connectivity index (χ2n) is 4.52. The summed E-state index contributed by atoms with van der Waals surface area (Å²) in [5, 5.41) is 36.8. The van der Waals surface area contributed by atoms with Crippen LogP contribution in [0.3, 0.4) is 0 Å². The van der Waals surface area contributed by atoms with Crippen molar-refractivity contribution in [1.29, 1.82) is 0 Å². The van der Waals surface area contributed by atoms with Crippen molar-refractivity contribution in [2.24, 2.45) is 0 Å². The van der Waals surface area contributed by atoms with E-state index in [2.05, 4.69) is 0 Å². The van der Waals surface area contributed by atoms with E-state index in [1.54, 1.807) is 0 Å². The molecule has 8 heteroatoms. The Hall–Kier alpha value is -3.42. The van der Waals surface area contributed by atoms with Gasteiger partial charge in [-0.3, -0.25) is 4.79 Å². The molecule has 0 saturated carbocycles. The van der Waals surface area contributed by atoms with Gasteiger partial charge in [-0.25, -0.2) is 14.0 Å². The van der Waals surface area contributed by atoms with Crippen molar-refractivity contribution in [2.75, 3.05) is 0 Å². The van der Waals surface area contributed by atoms with E-state index in [1.165, 1.54) is 0 Å². The zero-order chi connectivity index (χ0) is 17.3. The number of carboxylic acid groups (broad SMARTS) is 2. The van der Waals surface area contributed by atoms with Crippen LogP contribution in [0.5, 0.6) is 11.5 Å². The molecule has 0 amide bonds. The summed E-state index contributed by atoms with van der Waals surface area (Å²) < 4.78 is 13.4. The van der Waals surface area contributed by atoms with Gasteiger partial charge in [0.1, 0.15) is 5.75 Å². The van der Waals surface area contributed by atoms with Crippen LogP contribution in [0.2, 0.25) is 0 Å². The number of carbonyl (C=O) groups excluding carboxylic acids is 1. The zero-order valence-electron chi connectivity index (χ0n) is 11.3. The van der Waals surface area contributed by atoms with Crippen LogP contribution < -0.4 is 0 Å². The van der Waals surface area contributed by atoms with Crippen molar-refractivity contribution in [1.82, 2.24) is 0 Å². The second-order valence-corrected chi connectivity index (χ2v) is 4.52. The van der Waals surface area contributed by atoms with E-state index >= 15 is 0 Å². The fourth-order valence-electron chi connectivity index (χ4n) is 1.93. The molecule has 7 nitrogen and oxygen atoms in total. The number of phenols is 2. The van der Waals surface area contributed by atoms with Crippen LogP contribution in [0, 0.1) is 5.82 Å². The maximum atomic E-state index is 13.4. The molecule has 0 aliphatic carbocycles. The maximum Gasteiger partial charge on any atom is 0.336 e. The van der Waals surface area contributed by atoms with Gasteiger partial charge in [0, 0.05) is 11.6 Å². The first-order valence-electron chi connectivity index (χ1n) is 6.09. The molecular formula is C15H9FO7. The quantitative estimate of drug-likeness (QED) is 0.632. The standard InChI is InChI=1S/C15H9FO7/c16-10-4-9(11(17)5-12(10)18)13(19)8-3-6(14(20)21)1-2-7(8)15(22)23/h1-5,17-18H,(H,20,21)(H,22,23). The highest BCUT2D eigenvalue weighted by atomic mass is 19.1. The van der Waals surface area contributed by atoms with Crippen molar-refractivity contribution in [3.8, 4) is 11.5 Å². The molecule has 0 saturated heterocycles. The first kappa shape index (κ1) is 16.0. The van der Waals surface area contributed by atoms with E-state index in [1.807, 2.05) is 0 Å². The Morgan fingerprint density at radius 2 is 1.43 bits per heavy atom. The Kier molecular flexibility index (Phi) is 4.00. The number of aromatic hydroxyl groups is 2. The summed E-state index contributed by atoms with van der Waals surface area (Å²) in [5.74, 6) is -6.84. The number of aromatic carboxylic acids is 2. The number of carbonyl (C=O) groups is 3. The molecule has 0 heterocycles. The number of carboxylic acids is 2. The van der Waals surface area contributed by atoms with Gasteiger partial charge in [0.25, 0.3) is 0 Å². The number of ketones is 1. The number of hydrogen-bond donors (Lipinski definition) is 4.